The molecule has 3 aliphatic rings. The average molecular weight is 1200 g/mol. The van der Waals surface area contributed by atoms with E-state index in [0.717, 1.165) is 38.5 Å². The van der Waals surface area contributed by atoms with Gasteiger partial charge in [0.25, 0.3) is 0 Å². The zero-order chi connectivity index (χ0) is 61.2. The summed E-state index contributed by atoms with van der Waals surface area (Å²) >= 11 is 0. The van der Waals surface area contributed by atoms with Crippen molar-refractivity contribution in [3.63, 3.8) is 0 Å². The molecule has 84 heavy (non-hydrogen) atoms. The number of allylic oxidation sites excluding steroid dienone is 3. The molecule has 0 aromatic rings. The number of nitrogens with one attached hydrogen (secondary N) is 1. The summed E-state index contributed by atoms with van der Waals surface area (Å²) in [6.07, 6.45) is 26.0. The van der Waals surface area contributed by atoms with Crippen LogP contribution in [0.2, 0.25) is 0 Å². The Morgan fingerprint density at radius 1 is 0.417 bits per heavy atom. The minimum atomic E-state index is -1.98. The molecule has 19 heteroatoms. The van der Waals surface area contributed by atoms with E-state index >= 15 is 0 Å². The number of ether oxygens (including phenoxy) is 6. The van der Waals surface area contributed by atoms with Crippen molar-refractivity contribution in [2.24, 2.45) is 0 Å². The van der Waals surface area contributed by atoms with Crippen LogP contribution >= 0.6 is 0 Å². The molecule has 3 aliphatic heterocycles. The highest BCUT2D eigenvalue weighted by Crippen LogP contribution is 2.33. The smallest absolute Gasteiger partial charge is 0.220 e. The molecule has 0 aromatic carbocycles. The topological polar surface area (TPSA) is 307 Å². The van der Waals surface area contributed by atoms with Gasteiger partial charge in [-0.2, -0.15) is 0 Å². The monoisotopic (exact) mass is 1200 g/mol. The van der Waals surface area contributed by atoms with Crippen LogP contribution in [0, 0.1) is 0 Å². The van der Waals surface area contributed by atoms with E-state index in [1.165, 1.54) is 180 Å². The first kappa shape index (κ1) is 76.5. The van der Waals surface area contributed by atoms with Gasteiger partial charge < -0.3 is 89.9 Å². The molecule has 494 valence electrons. The van der Waals surface area contributed by atoms with Crippen LogP contribution in [0.5, 0.6) is 0 Å². The first-order chi connectivity index (χ1) is 40.8. The third-order valence-electron chi connectivity index (χ3n) is 17.0. The number of unbranched alkanes of at least 4 members (excludes halogenated alkanes) is 33. The van der Waals surface area contributed by atoms with Crippen molar-refractivity contribution in [1.29, 1.82) is 0 Å². The second-order valence-electron chi connectivity index (χ2n) is 24.3. The fourth-order valence-electron chi connectivity index (χ4n) is 11.5. The number of carbonyl (C=O) groups excluding carboxylic acids is 1. The largest absolute Gasteiger partial charge is 0.394 e. The van der Waals surface area contributed by atoms with Crippen LogP contribution in [-0.2, 0) is 33.2 Å². The minimum absolute atomic E-state index is 0.240. The van der Waals surface area contributed by atoms with Crippen molar-refractivity contribution >= 4 is 5.91 Å². The van der Waals surface area contributed by atoms with E-state index in [1.807, 2.05) is 6.08 Å². The quantitative estimate of drug-likeness (QED) is 0.0204. The number of rotatable bonds is 51. The number of hydrogen-bond donors (Lipinski definition) is 12. The first-order valence-electron chi connectivity index (χ1n) is 33.6. The lowest BCUT2D eigenvalue weighted by atomic mass is 9.96. The Morgan fingerprint density at radius 3 is 1.19 bits per heavy atom. The molecular formula is C65H121NO18. The fourth-order valence-corrected chi connectivity index (χ4v) is 11.5. The highest BCUT2D eigenvalue weighted by molar-refractivity contribution is 5.76. The van der Waals surface area contributed by atoms with E-state index in [9.17, 15) is 61.0 Å². The number of aliphatic hydroxyl groups excluding tert-OH is 11. The van der Waals surface area contributed by atoms with Crippen LogP contribution in [0.4, 0.5) is 0 Å². The average Bonchev–Trinajstić information content (AvgIpc) is 2.99. The number of aliphatic hydroxyl groups is 11. The van der Waals surface area contributed by atoms with Crippen LogP contribution in [0.25, 0.3) is 0 Å². The van der Waals surface area contributed by atoms with Gasteiger partial charge in [0.15, 0.2) is 18.9 Å². The predicted octanol–water partition coefficient (Wildman–Crippen LogP) is 7.88. The number of amides is 1. The lowest BCUT2D eigenvalue weighted by Crippen LogP contribution is -2.66. The van der Waals surface area contributed by atoms with Gasteiger partial charge in [0.1, 0.15) is 73.2 Å². The van der Waals surface area contributed by atoms with Crippen molar-refractivity contribution in [3.8, 4) is 0 Å². The number of carbonyl (C=O) groups is 1. The minimum Gasteiger partial charge on any atom is -0.394 e. The molecule has 3 fully saturated rings. The second kappa shape index (κ2) is 48.2. The van der Waals surface area contributed by atoms with E-state index in [4.69, 9.17) is 28.4 Å². The summed E-state index contributed by atoms with van der Waals surface area (Å²) in [7, 11) is 0. The molecule has 3 saturated heterocycles. The van der Waals surface area contributed by atoms with Crippen LogP contribution in [0.3, 0.4) is 0 Å². The summed E-state index contributed by atoms with van der Waals surface area (Å²) in [6.45, 7) is 1.72. The molecule has 3 heterocycles. The van der Waals surface area contributed by atoms with Crippen molar-refractivity contribution in [2.75, 3.05) is 26.4 Å². The zero-order valence-electron chi connectivity index (χ0n) is 51.9. The van der Waals surface area contributed by atoms with Crippen LogP contribution in [0.1, 0.15) is 251 Å². The molecule has 0 aliphatic carbocycles. The molecule has 12 N–H and O–H groups in total. The van der Waals surface area contributed by atoms with Crippen molar-refractivity contribution in [3.05, 3.63) is 24.3 Å². The van der Waals surface area contributed by atoms with Gasteiger partial charge in [0.2, 0.25) is 5.91 Å². The van der Waals surface area contributed by atoms with Gasteiger partial charge in [-0.25, -0.2) is 0 Å². The molecule has 19 nitrogen and oxygen atoms in total. The lowest BCUT2D eigenvalue weighted by Gasteiger charge is -2.48. The van der Waals surface area contributed by atoms with E-state index < -0.39 is 124 Å². The van der Waals surface area contributed by atoms with Gasteiger partial charge in [-0.3, -0.25) is 4.79 Å². The third kappa shape index (κ3) is 30.7. The lowest BCUT2D eigenvalue weighted by molar-refractivity contribution is -0.379. The van der Waals surface area contributed by atoms with Crippen molar-refractivity contribution in [2.45, 2.75) is 356 Å². The zero-order valence-corrected chi connectivity index (χ0v) is 51.9. The van der Waals surface area contributed by atoms with Crippen molar-refractivity contribution < 1.29 is 89.4 Å². The Kier molecular flexibility index (Phi) is 43.9. The van der Waals surface area contributed by atoms with E-state index in [2.05, 4.69) is 31.3 Å². The normalized spacial score (nSPS) is 29.3. The van der Waals surface area contributed by atoms with Crippen LogP contribution in [0.15, 0.2) is 24.3 Å². The fraction of sp³-hybridized carbons (Fsp3) is 0.923. The SMILES string of the molecule is CCCCCCCCCC/C=C/CC/C=C/C(O)C(COC1OC(CO)C(OC2OC(CO)C(OC3OC(CO)C(O)C(O)C3O)C(O)C2O)C(O)C1O)NC(=O)CCCCCCCCCCCCCCCCCCCCCCCCCCC. The summed E-state index contributed by atoms with van der Waals surface area (Å²) in [5.41, 5.74) is 0. The van der Waals surface area contributed by atoms with E-state index in [0.29, 0.717) is 12.8 Å². The molecule has 0 bridgehead atoms. The Balaban J connectivity index is 1.43. The molecule has 17 unspecified atom stereocenters. The molecule has 3 rings (SSSR count). The van der Waals surface area contributed by atoms with E-state index in [1.54, 1.807) is 6.08 Å². The Hall–Kier alpha value is -1.73. The standard InChI is InChI=1S/C65H121NO18/c1-3-5-7-9-11-13-15-17-19-20-21-22-23-24-25-26-27-28-29-31-33-35-37-39-41-43-53(71)66-48(49(70)42-40-38-36-34-32-30-18-16-14-12-10-8-6-4-2)47-79-63-59(77)56(74)61(51(45-68)81-63)84-65-60(78)57(75)62(52(46-69)82-65)83-64-58(76)55(73)54(72)50(44-67)80-64/h32,34,40,42,48-52,54-65,67-70,72-78H,3-31,33,35-39,41,43-47H2,1-2H3,(H,66,71)/b34-32+,42-40+. The van der Waals surface area contributed by atoms with Gasteiger partial charge in [-0.1, -0.05) is 237 Å². The maximum Gasteiger partial charge on any atom is 0.220 e. The van der Waals surface area contributed by atoms with Crippen LogP contribution < -0.4 is 5.32 Å². The maximum atomic E-state index is 13.4. The van der Waals surface area contributed by atoms with Crippen LogP contribution in [-0.4, -0.2) is 193 Å². The summed E-state index contributed by atoms with van der Waals surface area (Å²) in [4.78, 5) is 13.4. The van der Waals surface area contributed by atoms with Gasteiger partial charge in [0.05, 0.1) is 38.6 Å². The van der Waals surface area contributed by atoms with E-state index in [-0.39, 0.29) is 18.9 Å². The third-order valence-corrected chi connectivity index (χ3v) is 17.0. The van der Waals surface area contributed by atoms with Gasteiger partial charge >= 0.3 is 0 Å². The van der Waals surface area contributed by atoms with Gasteiger partial charge in [-0.15, -0.1) is 0 Å². The molecule has 17 atom stereocenters. The summed E-state index contributed by atoms with van der Waals surface area (Å²) in [6, 6.07) is -0.985. The van der Waals surface area contributed by atoms with Gasteiger partial charge in [-0.05, 0) is 32.1 Å². The van der Waals surface area contributed by atoms with Crippen molar-refractivity contribution in [1.82, 2.24) is 5.32 Å². The predicted molar refractivity (Wildman–Crippen MR) is 323 cm³/mol. The Bertz CT molecular complexity index is 1630. The summed E-state index contributed by atoms with van der Waals surface area (Å²) in [5.74, 6) is -0.281. The molecule has 0 spiro atoms. The highest BCUT2D eigenvalue weighted by atomic mass is 16.8. The highest BCUT2D eigenvalue weighted by Gasteiger charge is 2.53. The molecule has 0 radical (unpaired) electrons. The second-order valence-corrected chi connectivity index (χ2v) is 24.3. The summed E-state index contributed by atoms with van der Waals surface area (Å²) in [5, 5.41) is 120. The Labute approximate surface area is 505 Å². The molecule has 0 saturated carbocycles. The maximum absolute atomic E-state index is 13.4. The Morgan fingerprint density at radius 2 is 0.762 bits per heavy atom. The summed E-state index contributed by atoms with van der Waals surface area (Å²) < 4.78 is 34.3. The molecule has 0 aromatic heterocycles. The number of hydrogen-bond acceptors (Lipinski definition) is 18. The molecular weight excluding hydrogens is 1080 g/mol. The molecule has 1 amide bonds. The van der Waals surface area contributed by atoms with Gasteiger partial charge in [0, 0.05) is 6.42 Å². The first-order valence-corrected chi connectivity index (χ1v) is 33.6.